The lowest BCUT2D eigenvalue weighted by atomic mass is 10.2. The van der Waals surface area contributed by atoms with Crippen molar-refractivity contribution in [2.75, 3.05) is 5.32 Å². The number of nitrogens with two attached hydrogens (primary N) is 1. The summed E-state index contributed by atoms with van der Waals surface area (Å²) in [5.74, 6) is -0.248. The zero-order valence-corrected chi connectivity index (χ0v) is 12.5. The molecule has 0 aliphatic rings. The van der Waals surface area contributed by atoms with Crippen LogP contribution in [0.15, 0.2) is 54.2 Å². The fourth-order valence-corrected chi connectivity index (χ4v) is 2.76. The number of benzene rings is 1. The Morgan fingerprint density at radius 1 is 1.14 bits per heavy atom. The summed E-state index contributed by atoms with van der Waals surface area (Å²) in [4.78, 5) is 21.6. The minimum Gasteiger partial charge on any atom is -0.326 e. The van der Waals surface area contributed by atoms with Crippen molar-refractivity contribution in [1.82, 2.24) is 9.97 Å². The molecule has 3 aromatic rings. The number of aromatic nitrogens is 2. The fraction of sp³-hybridized carbons (Fsp3) is 0.0625. The van der Waals surface area contributed by atoms with Crippen LogP contribution < -0.4 is 11.1 Å². The van der Waals surface area contributed by atoms with E-state index in [4.69, 9.17) is 5.73 Å². The topological polar surface area (TPSA) is 80.9 Å². The summed E-state index contributed by atoms with van der Waals surface area (Å²) in [6.45, 7) is 0.476. The van der Waals surface area contributed by atoms with E-state index in [1.54, 1.807) is 11.7 Å². The third-order valence-corrected chi connectivity index (χ3v) is 3.98. The number of amides is 1. The molecule has 0 fully saturated rings. The van der Waals surface area contributed by atoms with Crippen LogP contribution in [0.1, 0.15) is 16.1 Å². The summed E-state index contributed by atoms with van der Waals surface area (Å²) in [6, 6.07) is 13.0. The highest BCUT2D eigenvalue weighted by atomic mass is 32.1. The van der Waals surface area contributed by atoms with Crippen molar-refractivity contribution in [2.45, 2.75) is 6.54 Å². The highest BCUT2D eigenvalue weighted by Gasteiger charge is 2.17. The summed E-state index contributed by atoms with van der Waals surface area (Å²) in [5.41, 5.74) is 10.1. The molecule has 0 aliphatic carbocycles. The predicted molar refractivity (Wildman–Crippen MR) is 87.6 cm³/mol. The number of pyridine rings is 1. The SMILES string of the molecule is NCc1ccc(NC(=O)c2ncsc2-c2ccccn2)cc1. The van der Waals surface area contributed by atoms with E-state index in [9.17, 15) is 4.79 Å². The van der Waals surface area contributed by atoms with E-state index >= 15 is 0 Å². The molecule has 3 rings (SSSR count). The van der Waals surface area contributed by atoms with Gasteiger partial charge in [0, 0.05) is 18.4 Å². The van der Waals surface area contributed by atoms with E-state index in [0.717, 1.165) is 16.1 Å². The zero-order chi connectivity index (χ0) is 15.4. The number of thiazole rings is 1. The third-order valence-electron chi connectivity index (χ3n) is 3.13. The van der Waals surface area contributed by atoms with Crippen molar-refractivity contribution >= 4 is 22.9 Å². The molecular formula is C16H14N4OS. The number of hydrogen-bond acceptors (Lipinski definition) is 5. The normalized spacial score (nSPS) is 10.4. The maximum Gasteiger partial charge on any atom is 0.275 e. The summed E-state index contributed by atoms with van der Waals surface area (Å²) in [7, 11) is 0. The molecule has 0 saturated carbocycles. The Morgan fingerprint density at radius 3 is 2.64 bits per heavy atom. The van der Waals surface area contributed by atoms with Crippen molar-refractivity contribution in [1.29, 1.82) is 0 Å². The van der Waals surface area contributed by atoms with E-state index in [1.165, 1.54) is 11.3 Å². The zero-order valence-electron chi connectivity index (χ0n) is 11.7. The fourth-order valence-electron chi connectivity index (χ4n) is 2.00. The van der Waals surface area contributed by atoms with E-state index < -0.39 is 0 Å². The quantitative estimate of drug-likeness (QED) is 0.776. The Kier molecular flexibility index (Phi) is 4.22. The lowest BCUT2D eigenvalue weighted by Gasteiger charge is -2.06. The Morgan fingerprint density at radius 2 is 1.95 bits per heavy atom. The maximum atomic E-state index is 12.4. The Bertz CT molecular complexity index is 768. The largest absolute Gasteiger partial charge is 0.326 e. The van der Waals surface area contributed by atoms with Crippen molar-refractivity contribution in [3.63, 3.8) is 0 Å². The van der Waals surface area contributed by atoms with E-state index in [0.29, 0.717) is 17.9 Å². The number of anilines is 1. The number of rotatable bonds is 4. The van der Waals surface area contributed by atoms with Gasteiger partial charge in [0.1, 0.15) is 5.69 Å². The first kappa shape index (κ1) is 14.4. The van der Waals surface area contributed by atoms with Crippen LogP contribution >= 0.6 is 11.3 Å². The number of carbonyl (C=O) groups excluding carboxylic acids is 1. The highest BCUT2D eigenvalue weighted by Crippen LogP contribution is 2.26. The summed E-state index contributed by atoms with van der Waals surface area (Å²) in [5, 5.41) is 2.84. The molecule has 6 heteroatoms. The maximum absolute atomic E-state index is 12.4. The molecule has 22 heavy (non-hydrogen) atoms. The van der Waals surface area contributed by atoms with Gasteiger partial charge >= 0.3 is 0 Å². The second-order valence-electron chi connectivity index (χ2n) is 4.60. The number of nitrogens with zero attached hydrogens (tertiary/aromatic N) is 2. The van der Waals surface area contributed by atoms with Crippen molar-refractivity contribution in [3.8, 4) is 10.6 Å². The molecule has 1 aromatic carbocycles. The van der Waals surface area contributed by atoms with Crippen molar-refractivity contribution in [3.05, 3.63) is 65.4 Å². The number of hydrogen-bond donors (Lipinski definition) is 2. The molecule has 0 atom stereocenters. The lowest BCUT2D eigenvalue weighted by Crippen LogP contribution is -2.13. The number of nitrogens with one attached hydrogen (secondary N) is 1. The molecule has 2 heterocycles. The first-order chi connectivity index (χ1) is 10.8. The lowest BCUT2D eigenvalue weighted by molar-refractivity contribution is 0.102. The average Bonchev–Trinajstić information content (AvgIpc) is 3.06. The molecule has 110 valence electrons. The van der Waals surface area contributed by atoms with Crippen LogP contribution in [0.3, 0.4) is 0 Å². The molecule has 0 saturated heterocycles. The first-order valence-corrected chi connectivity index (χ1v) is 7.61. The van der Waals surface area contributed by atoms with Crippen LogP contribution in [0.5, 0.6) is 0 Å². The molecule has 0 spiro atoms. The van der Waals surface area contributed by atoms with Crippen LogP contribution in [0.4, 0.5) is 5.69 Å². The standard InChI is InChI=1S/C16H14N4OS/c17-9-11-4-6-12(7-5-11)20-16(21)14-15(22-10-19-14)13-3-1-2-8-18-13/h1-8,10H,9,17H2,(H,20,21). The van der Waals surface area contributed by atoms with Gasteiger partial charge in [-0.05, 0) is 29.8 Å². The van der Waals surface area contributed by atoms with Crippen LogP contribution in [0.25, 0.3) is 10.6 Å². The molecule has 0 radical (unpaired) electrons. The van der Waals surface area contributed by atoms with Gasteiger partial charge in [-0.15, -0.1) is 11.3 Å². The van der Waals surface area contributed by atoms with Crippen molar-refractivity contribution < 1.29 is 4.79 Å². The molecule has 3 N–H and O–H groups in total. The van der Waals surface area contributed by atoms with Crippen LogP contribution in [-0.2, 0) is 6.54 Å². The molecule has 1 amide bonds. The smallest absolute Gasteiger partial charge is 0.275 e. The Labute approximate surface area is 131 Å². The predicted octanol–water partition coefficient (Wildman–Crippen LogP) is 2.92. The van der Waals surface area contributed by atoms with Gasteiger partial charge in [-0.1, -0.05) is 18.2 Å². The van der Waals surface area contributed by atoms with Crippen LogP contribution in [-0.4, -0.2) is 15.9 Å². The minimum absolute atomic E-state index is 0.248. The van der Waals surface area contributed by atoms with Gasteiger partial charge in [0.05, 0.1) is 16.1 Å². The van der Waals surface area contributed by atoms with Crippen molar-refractivity contribution in [2.24, 2.45) is 5.73 Å². The van der Waals surface area contributed by atoms with Gasteiger partial charge in [-0.2, -0.15) is 0 Å². The monoisotopic (exact) mass is 310 g/mol. The summed E-state index contributed by atoms with van der Waals surface area (Å²) in [6.07, 6.45) is 1.70. The van der Waals surface area contributed by atoms with Gasteiger partial charge in [-0.3, -0.25) is 9.78 Å². The Balaban J connectivity index is 1.82. The second kappa shape index (κ2) is 6.46. The minimum atomic E-state index is -0.248. The van der Waals surface area contributed by atoms with Gasteiger partial charge in [0.15, 0.2) is 0 Å². The van der Waals surface area contributed by atoms with Gasteiger partial charge in [-0.25, -0.2) is 4.98 Å². The Hall–Kier alpha value is -2.57. The molecule has 5 nitrogen and oxygen atoms in total. The van der Waals surface area contributed by atoms with Gasteiger partial charge < -0.3 is 11.1 Å². The first-order valence-electron chi connectivity index (χ1n) is 6.73. The van der Waals surface area contributed by atoms with E-state index in [-0.39, 0.29) is 5.91 Å². The molecule has 0 unspecified atom stereocenters. The van der Waals surface area contributed by atoms with Gasteiger partial charge in [0.2, 0.25) is 0 Å². The van der Waals surface area contributed by atoms with E-state index in [2.05, 4.69) is 15.3 Å². The third kappa shape index (κ3) is 3.03. The van der Waals surface area contributed by atoms with Crippen LogP contribution in [0, 0.1) is 0 Å². The summed E-state index contributed by atoms with van der Waals surface area (Å²) >= 11 is 1.40. The highest BCUT2D eigenvalue weighted by molar-refractivity contribution is 7.13. The van der Waals surface area contributed by atoms with Crippen LogP contribution in [0.2, 0.25) is 0 Å². The molecular weight excluding hydrogens is 296 g/mol. The molecule has 0 aliphatic heterocycles. The van der Waals surface area contributed by atoms with E-state index in [1.807, 2.05) is 42.5 Å². The van der Waals surface area contributed by atoms with Gasteiger partial charge in [0.25, 0.3) is 5.91 Å². The number of carbonyl (C=O) groups is 1. The molecule has 0 bridgehead atoms. The second-order valence-corrected chi connectivity index (χ2v) is 5.46. The summed E-state index contributed by atoms with van der Waals surface area (Å²) < 4.78 is 0. The average molecular weight is 310 g/mol. The molecule has 2 aromatic heterocycles.